The highest BCUT2D eigenvalue weighted by atomic mass is 32.1. The van der Waals surface area contributed by atoms with E-state index >= 15 is 0 Å². The van der Waals surface area contributed by atoms with Gasteiger partial charge in [-0.25, -0.2) is 8.78 Å². The van der Waals surface area contributed by atoms with Crippen LogP contribution in [0.1, 0.15) is 10.4 Å². The summed E-state index contributed by atoms with van der Waals surface area (Å²) in [6.45, 7) is 0. The average Bonchev–Trinajstić information content (AvgIpc) is 2.63. The van der Waals surface area contributed by atoms with Gasteiger partial charge in [-0.15, -0.1) is 0 Å². The second kappa shape index (κ2) is 7.84. The van der Waals surface area contributed by atoms with E-state index in [9.17, 15) is 13.6 Å². The molecule has 0 unspecified atom stereocenters. The molecular weight excluding hydrogens is 354 g/mol. The number of hydrogen-bond donors (Lipinski definition) is 2. The molecule has 0 saturated heterocycles. The third-order valence-corrected chi connectivity index (χ3v) is 3.87. The maximum atomic E-state index is 14.1. The van der Waals surface area contributed by atoms with Crippen molar-refractivity contribution in [3.8, 4) is 11.1 Å². The highest BCUT2D eigenvalue weighted by Gasteiger charge is 2.15. The van der Waals surface area contributed by atoms with E-state index in [1.54, 1.807) is 54.6 Å². The summed E-state index contributed by atoms with van der Waals surface area (Å²) in [7, 11) is 0. The molecule has 0 heterocycles. The zero-order valence-electron chi connectivity index (χ0n) is 13.5. The number of thiocarbonyl (C=S) groups is 1. The van der Waals surface area contributed by atoms with Crippen molar-refractivity contribution in [2.24, 2.45) is 0 Å². The molecule has 0 aliphatic heterocycles. The fourth-order valence-corrected chi connectivity index (χ4v) is 2.69. The number of para-hydroxylation sites is 1. The summed E-state index contributed by atoms with van der Waals surface area (Å²) in [5.74, 6) is -1.74. The van der Waals surface area contributed by atoms with E-state index < -0.39 is 11.6 Å². The van der Waals surface area contributed by atoms with Crippen molar-refractivity contribution in [1.82, 2.24) is 5.32 Å². The summed E-state index contributed by atoms with van der Waals surface area (Å²) in [6.07, 6.45) is 0. The van der Waals surface area contributed by atoms with Crippen molar-refractivity contribution in [3.63, 3.8) is 0 Å². The Bertz CT molecular complexity index is 941. The molecular formula is C20H14F2N2OS. The van der Waals surface area contributed by atoms with Gasteiger partial charge in [0.2, 0.25) is 0 Å². The molecule has 0 saturated carbocycles. The van der Waals surface area contributed by atoms with Crippen LogP contribution in [0.3, 0.4) is 0 Å². The fourth-order valence-electron chi connectivity index (χ4n) is 2.48. The second-order valence-electron chi connectivity index (χ2n) is 5.42. The van der Waals surface area contributed by atoms with Crippen LogP contribution in [0, 0.1) is 11.6 Å². The molecule has 0 radical (unpaired) electrons. The molecule has 0 spiro atoms. The molecule has 3 nitrogen and oxygen atoms in total. The van der Waals surface area contributed by atoms with Crippen molar-refractivity contribution < 1.29 is 13.6 Å². The number of nitrogens with one attached hydrogen (secondary N) is 2. The average molecular weight is 368 g/mol. The first-order chi connectivity index (χ1) is 12.6. The number of hydrogen-bond acceptors (Lipinski definition) is 2. The lowest BCUT2D eigenvalue weighted by molar-refractivity contribution is 0.0977. The quantitative estimate of drug-likeness (QED) is 0.655. The number of anilines is 1. The van der Waals surface area contributed by atoms with E-state index in [-0.39, 0.29) is 16.6 Å². The van der Waals surface area contributed by atoms with Crippen molar-refractivity contribution >= 4 is 28.9 Å². The topological polar surface area (TPSA) is 41.1 Å². The Morgan fingerprint density at radius 2 is 1.42 bits per heavy atom. The Hall–Kier alpha value is -3.12. The summed E-state index contributed by atoms with van der Waals surface area (Å²) in [6, 6.07) is 18.8. The summed E-state index contributed by atoms with van der Waals surface area (Å²) >= 11 is 5.16. The summed E-state index contributed by atoms with van der Waals surface area (Å²) in [5, 5.41) is 5.41. The normalized spacial score (nSPS) is 10.2. The van der Waals surface area contributed by atoms with Gasteiger partial charge in [-0.05, 0) is 42.5 Å². The zero-order valence-corrected chi connectivity index (χ0v) is 14.3. The van der Waals surface area contributed by atoms with Gasteiger partial charge in [-0.2, -0.15) is 0 Å². The Balaban J connectivity index is 1.83. The minimum Gasteiger partial charge on any atom is -0.332 e. The summed E-state index contributed by atoms with van der Waals surface area (Å²) in [5.41, 5.74) is 0.979. The second-order valence-corrected chi connectivity index (χ2v) is 5.82. The number of benzene rings is 3. The zero-order chi connectivity index (χ0) is 18.5. The first-order valence-electron chi connectivity index (χ1n) is 7.77. The Labute approximate surface area is 154 Å². The van der Waals surface area contributed by atoms with Gasteiger partial charge >= 0.3 is 0 Å². The lowest BCUT2D eigenvalue weighted by atomic mass is 10.0. The van der Waals surface area contributed by atoms with E-state index in [1.807, 2.05) is 0 Å². The van der Waals surface area contributed by atoms with Crippen molar-refractivity contribution in [3.05, 3.63) is 90.0 Å². The third kappa shape index (κ3) is 3.92. The Morgan fingerprint density at radius 1 is 0.808 bits per heavy atom. The largest absolute Gasteiger partial charge is 0.332 e. The van der Waals surface area contributed by atoms with Crippen molar-refractivity contribution in [2.45, 2.75) is 0 Å². The van der Waals surface area contributed by atoms with Crippen LogP contribution in [-0.2, 0) is 0 Å². The van der Waals surface area contributed by atoms with Gasteiger partial charge in [0.05, 0.1) is 5.56 Å². The number of halogens is 2. The van der Waals surface area contributed by atoms with E-state index in [2.05, 4.69) is 10.6 Å². The minimum absolute atomic E-state index is 0.0306. The predicted octanol–water partition coefficient (Wildman–Crippen LogP) is 4.76. The van der Waals surface area contributed by atoms with Gasteiger partial charge < -0.3 is 5.32 Å². The van der Waals surface area contributed by atoms with E-state index in [1.165, 1.54) is 18.2 Å². The molecule has 0 fully saturated rings. The van der Waals surface area contributed by atoms with Crippen LogP contribution < -0.4 is 10.6 Å². The van der Waals surface area contributed by atoms with E-state index in [0.717, 1.165) is 0 Å². The molecule has 1 amide bonds. The lowest BCUT2D eigenvalue weighted by Crippen LogP contribution is -2.34. The number of carbonyl (C=O) groups is 1. The fraction of sp³-hybridized carbons (Fsp3) is 0. The summed E-state index contributed by atoms with van der Waals surface area (Å²) in [4.78, 5) is 12.1. The minimum atomic E-state index is -0.682. The van der Waals surface area contributed by atoms with E-state index in [0.29, 0.717) is 16.8 Å². The van der Waals surface area contributed by atoms with Crippen LogP contribution in [0.4, 0.5) is 14.5 Å². The van der Waals surface area contributed by atoms with Gasteiger partial charge in [0, 0.05) is 16.8 Å². The Morgan fingerprint density at radius 3 is 2.12 bits per heavy atom. The van der Waals surface area contributed by atoms with Crippen LogP contribution in [0.25, 0.3) is 11.1 Å². The number of carbonyl (C=O) groups excluding carboxylic acids is 1. The summed E-state index contributed by atoms with van der Waals surface area (Å²) < 4.78 is 28.2. The molecule has 3 aromatic rings. The SMILES string of the molecule is O=C(NC(=S)Nc1ccccc1-c1c(F)cccc1F)c1ccccc1. The molecule has 26 heavy (non-hydrogen) atoms. The highest BCUT2D eigenvalue weighted by molar-refractivity contribution is 7.80. The number of rotatable bonds is 3. The molecule has 0 atom stereocenters. The maximum absolute atomic E-state index is 14.1. The van der Waals surface area contributed by atoms with Crippen molar-refractivity contribution in [1.29, 1.82) is 0 Å². The van der Waals surface area contributed by atoms with E-state index in [4.69, 9.17) is 12.2 Å². The molecule has 130 valence electrons. The van der Waals surface area contributed by atoms with Crippen LogP contribution in [-0.4, -0.2) is 11.0 Å². The van der Waals surface area contributed by atoms with Crippen LogP contribution in [0.15, 0.2) is 72.8 Å². The Kier molecular flexibility index (Phi) is 5.34. The molecule has 0 bridgehead atoms. The van der Waals surface area contributed by atoms with Crippen LogP contribution >= 0.6 is 12.2 Å². The van der Waals surface area contributed by atoms with Gasteiger partial charge in [-0.3, -0.25) is 10.1 Å². The predicted molar refractivity (Wildman–Crippen MR) is 102 cm³/mol. The first-order valence-corrected chi connectivity index (χ1v) is 8.18. The maximum Gasteiger partial charge on any atom is 0.257 e. The molecule has 3 aromatic carbocycles. The first kappa shape index (κ1) is 17.7. The monoisotopic (exact) mass is 368 g/mol. The molecule has 0 aliphatic carbocycles. The number of amides is 1. The van der Waals surface area contributed by atoms with Crippen LogP contribution in [0.5, 0.6) is 0 Å². The molecule has 0 aliphatic rings. The van der Waals surface area contributed by atoms with Crippen LogP contribution in [0.2, 0.25) is 0 Å². The molecule has 3 rings (SSSR count). The van der Waals surface area contributed by atoms with Gasteiger partial charge in [0.15, 0.2) is 5.11 Å². The van der Waals surface area contributed by atoms with Crippen molar-refractivity contribution in [2.75, 3.05) is 5.32 Å². The highest BCUT2D eigenvalue weighted by Crippen LogP contribution is 2.32. The van der Waals surface area contributed by atoms with Gasteiger partial charge in [-0.1, -0.05) is 42.5 Å². The molecule has 6 heteroatoms. The molecule has 0 aromatic heterocycles. The lowest BCUT2D eigenvalue weighted by Gasteiger charge is -2.14. The third-order valence-electron chi connectivity index (χ3n) is 3.67. The van der Waals surface area contributed by atoms with Gasteiger partial charge in [0.1, 0.15) is 11.6 Å². The van der Waals surface area contributed by atoms with Gasteiger partial charge in [0.25, 0.3) is 5.91 Å². The smallest absolute Gasteiger partial charge is 0.257 e. The molecule has 2 N–H and O–H groups in total. The standard InChI is InChI=1S/C20H14F2N2OS/c21-15-10-6-11-16(22)18(15)14-9-4-5-12-17(14)23-20(26)24-19(25)13-7-2-1-3-8-13/h1-12H,(H2,23,24,25,26).